The Hall–Kier alpha value is -0.573. The lowest BCUT2D eigenvalue weighted by Crippen LogP contribution is -2.31. The highest BCUT2D eigenvalue weighted by Gasteiger charge is 2.17. The Morgan fingerprint density at radius 2 is 2.20 bits per heavy atom. The van der Waals surface area contributed by atoms with E-state index in [1.807, 2.05) is 5.70 Å². The van der Waals surface area contributed by atoms with Crippen LogP contribution in [0.15, 0.2) is 12.3 Å². The summed E-state index contributed by atoms with van der Waals surface area (Å²) in [7, 11) is -1.42. The normalized spacial score (nSPS) is 10.7. The molecule has 0 spiro atoms. The molecule has 0 aliphatic carbocycles. The van der Waals surface area contributed by atoms with Gasteiger partial charge in [0.25, 0.3) is 0 Å². The van der Waals surface area contributed by atoms with Gasteiger partial charge in [-0.25, -0.2) is 0 Å². The van der Waals surface area contributed by atoms with Crippen molar-refractivity contribution >= 4 is 14.0 Å². The first-order valence-electron chi connectivity index (χ1n) is 3.25. The fraction of sp³-hybridized carbons (Fsp3) is 0.571. The van der Waals surface area contributed by atoms with Crippen molar-refractivity contribution < 1.29 is 9.53 Å². The van der Waals surface area contributed by atoms with E-state index in [0.717, 1.165) is 0 Å². The number of ether oxygens (including phenoxy) is 1. The average molecular weight is 158 g/mol. The lowest BCUT2D eigenvalue weighted by molar-refractivity contribution is -0.139. The Kier molecular flexibility index (Phi) is 3.36. The van der Waals surface area contributed by atoms with E-state index in [2.05, 4.69) is 19.7 Å². The number of carbonyl (C=O) groups excluding carboxylic acids is 1. The number of carbonyl (C=O) groups is 1. The molecule has 58 valence electrons. The topological polar surface area (TPSA) is 26.3 Å². The molecular formula is C7H14O2Si. The summed E-state index contributed by atoms with van der Waals surface area (Å²) < 4.78 is 4.85. The third kappa shape index (κ3) is 4.32. The first-order valence-corrected chi connectivity index (χ1v) is 6.53. The molecule has 3 heteroatoms. The van der Waals surface area contributed by atoms with Crippen molar-refractivity contribution in [3.05, 3.63) is 12.3 Å². The van der Waals surface area contributed by atoms with Gasteiger partial charge in [-0.2, -0.15) is 0 Å². The zero-order valence-corrected chi connectivity index (χ0v) is 7.81. The van der Waals surface area contributed by atoms with Gasteiger partial charge in [0.15, 0.2) is 0 Å². The van der Waals surface area contributed by atoms with E-state index in [1.165, 1.54) is 6.92 Å². The highest BCUT2D eigenvalue weighted by Crippen LogP contribution is 2.02. The number of hydrogen-bond donors (Lipinski definition) is 0. The van der Waals surface area contributed by atoms with E-state index in [4.69, 9.17) is 4.74 Å². The summed E-state index contributed by atoms with van der Waals surface area (Å²) in [6.45, 7) is 9.31. The van der Waals surface area contributed by atoms with Gasteiger partial charge in [-0.05, 0) is 0 Å². The minimum absolute atomic E-state index is 0.206. The third-order valence-electron chi connectivity index (χ3n) is 1.20. The highest BCUT2D eigenvalue weighted by molar-refractivity contribution is 6.82. The summed E-state index contributed by atoms with van der Waals surface area (Å²) >= 11 is 0. The Balaban J connectivity index is 3.67. The third-order valence-corrected chi connectivity index (χ3v) is 3.19. The molecule has 0 heterocycles. The van der Waals surface area contributed by atoms with E-state index in [-0.39, 0.29) is 5.97 Å². The maximum atomic E-state index is 10.4. The second-order valence-corrected chi connectivity index (χ2v) is 7.65. The molecule has 10 heavy (non-hydrogen) atoms. The van der Waals surface area contributed by atoms with Gasteiger partial charge in [0.05, 0.1) is 6.23 Å². The maximum Gasteiger partial charge on any atom is 0.302 e. The quantitative estimate of drug-likeness (QED) is 0.460. The summed E-state index contributed by atoms with van der Waals surface area (Å²) in [5.74, 6) is -0.206. The fourth-order valence-electron chi connectivity index (χ4n) is 0.347. The first kappa shape index (κ1) is 9.43. The minimum Gasteiger partial charge on any atom is -0.469 e. The second kappa shape index (κ2) is 3.56. The SMILES string of the molecule is C=C[Si](C)(C)COC(C)=O. The Labute approximate surface area is 62.9 Å². The van der Waals surface area contributed by atoms with E-state index in [0.29, 0.717) is 6.23 Å². The molecule has 0 aromatic carbocycles. The van der Waals surface area contributed by atoms with Gasteiger partial charge >= 0.3 is 5.97 Å². The van der Waals surface area contributed by atoms with Crippen LogP contribution in [0, 0.1) is 0 Å². The summed E-state index contributed by atoms with van der Waals surface area (Å²) in [5.41, 5.74) is 1.91. The predicted molar refractivity (Wildman–Crippen MR) is 44.3 cm³/mol. The van der Waals surface area contributed by atoms with Crippen molar-refractivity contribution in [3.63, 3.8) is 0 Å². The summed E-state index contributed by atoms with van der Waals surface area (Å²) in [6.07, 6.45) is 0.547. The number of esters is 1. The van der Waals surface area contributed by atoms with Crippen LogP contribution in [0.1, 0.15) is 6.92 Å². The first-order chi connectivity index (χ1) is 4.48. The number of hydrogen-bond acceptors (Lipinski definition) is 2. The predicted octanol–water partition coefficient (Wildman–Crippen LogP) is 1.52. The van der Waals surface area contributed by atoms with Gasteiger partial charge in [0, 0.05) is 6.92 Å². The van der Waals surface area contributed by atoms with Crippen molar-refractivity contribution in [2.24, 2.45) is 0 Å². The molecule has 0 amide bonds. The molecule has 0 fully saturated rings. The average Bonchev–Trinajstić information content (AvgIpc) is 1.85. The lowest BCUT2D eigenvalue weighted by atomic mass is 10.8. The highest BCUT2D eigenvalue weighted by atomic mass is 28.3. The van der Waals surface area contributed by atoms with E-state index >= 15 is 0 Å². The molecule has 0 aromatic heterocycles. The van der Waals surface area contributed by atoms with Crippen LogP contribution in [-0.2, 0) is 9.53 Å². The Morgan fingerprint density at radius 3 is 2.50 bits per heavy atom. The molecule has 0 radical (unpaired) electrons. The standard InChI is InChI=1S/C7H14O2Si/c1-5-10(3,4)6-9-7(2)8/h5H,1,6H2,2-4H3. The van der Waals surface area contributed by atoms with Gasteiger partial charge in [-0.1, -0.05) is 18.8 Å². The molecule has 0 rings (SSSR count). The minimum atomic E-state index is -1.42. The number of rotatable bonds is 3. The Morgan fingerprint density at radius 1 is 1.70 bits per heavy atom. The van der Waals surface area contributed by atoms with Crippen molar-refractivity contribution in [1.82, 2.24) is 0 Å². The monoisotopic (exact) mass is 158 g/mol. The molecule has 0 bridgehead atoms. The van der Waals surface area contributed by atoms with E-state index in [9.17, 15) is 4.79 Å². The molecule has 2 nitrogen and oxygen atoms in total. The summed E-state index contributed by atoms with van der Waals surface area (Å²) in [4.78, 5) is 10.4. The molecule has 0 aliphatic heterocycles. The molecule has 0 N–H and O–H groups in total. The Bertz CT molecular complexity index is 141. The molecule has 0 saturated carbocycles. The van der Waals surface area contributed by atoms with Crippen LogP contribution in [0.3, 0.4) is 0 Å². The fourth-order valence-corrected chi connectivity index (χ4v) is 1.04. The van der Waals surface area contributed by atoms with Crippen molar-refractivity contribution in [2.45, 2.75) is 20.0 Å². The van der Waals surface area contributed by atoms with E-state index < -0.39 is 8.07 Å². The summed E-state index contributed by atoms with van der Waals surface area (Å²) in [6, 6.07) is 0. The van der Waals surface area contributed by atoms with Gasteiger partial charge in [0.2, 0.25) is 0 Å². The molecular weight excluding hydrogens is 144 g/mol. The van der Waals surface area contributed by atoms with Crippen LogP contribution < -0.4 is 0 Å². The molecule has 0 unspecified atom stereocenters. The molecule has 0 aliphatic rings. The summed E-state index contributed by atoms with van der Waals surface area (Å²) in [5, 5.41) is 0. The zero-order valence-electron chi connectivity index (χ0n) is 6.81. The molecule has 0 atom stereocenters. The van der Waals surface area contributed by atoms with Gasteiger partial charge in [0.1, 0.15) is 8.07 Å². The smallest absolute Gasteiger partial charge is 0.302 e. The van der Waals surface area contributed by atoms with Crippen LogP contribution >= 0.6 is 0 Å². The maximum absolute atomic E-state index is 10.4. The lowest BCUT2D eigenvalue weighted by Gasteiger charge is -2.15. The zero-order chi connectivity index (χ0) is 8.20. The van der Waals surface area contributed by atoms with Crippen LogP contribution in [0.25, 0.3) is 0 Å². The van der Waals surface area contributed by atoms with Gasteiger partial charge in [-0.3, -0.25) is 4.79 Å². The molecule has 0 aromatic rings. The second-order valence-electron chi connectivity index (χ2n) is 2.97. The van der Waals surface area contributed by atoms with Crippen molar-refractivity contribution in [1.29, 1.82) is 0 Å². The van der Waals surface area contributed by atoms with Crippen LogP contribution in [0.5, 0.6) is 0 Å². The van der Waals surface area contributed by atoms with E-state index in [1.54, 1.807) is 0 Å². The van der Waals surface area contributed by atoms with Crippen LogP contribution in [0.2, 0.25) is 13.1 Å². The van der Waals surface area contributed by atoms with Crippen molar-refractivity contribution in [3.8, 4) is 0 Å². The largest absolute Gasteiger partial charge is 0.469 e. The van der Waals surface area contributed by atoms with Gasteiger partial charge < -0.3 is 4.74 Å². The van der Waals surface area contributed by atoms with Crippen LogP contribution in [0.4, 0.5) is 0 Å². The van der Waals surface area contributed by atoms with Gasteiger partial charge in [-0.15, -0.1) is 6.58 Å². The van der Waals surface area contributed by atoms with Crippen LogP contribution in [-0.4, -0.2) is 20.3 Å². The van der Waals surface area contributed by atoms with Crippen molar-refractivity contribution in [2.75, 3.05) is 6.23 Å². The molecule has 0 saturated heterocycles.